The highest BCUT2D eigenvalue weighted by Crippen LogP contribution is 2.48. The fourth-order valence-electron chi connectivity index (χ4n) is 5.19. The fourth-order valence-corrected chi connectivity index (χ4v) is 5.45. The summed E-state index contributed by atoms with van der Waals surface area (Å²) in [5.74, 6) is -3.01. The summed E-state index contributed by atoms with van der Waals surface area (Å²) >= 11 is 3.46. The van der Waals surface area contributed by atoms with Crippen molar-refractivity contribution >= 4 is 33.7 Å². The Kier molecular flexibility index (Phi) is 8.17. The van der Waals surface area contributed by atoms with Crippen LogP contribution >= 0.6 is 15.9 Å². The highest BCUT2D eigenvalue weighted by molar-refractivity contribution is 9.10. The lowest BCUT2D eigenvalue weighted by atomic mass is 9.67. The van der Waals surface area contributed by atoms with E-state index in [2.05, 4.69) is 21.2 Å². The van der Waals surface area contributed by atoms with Gasteiger partial charge in [0.15, 0.2) is 5.78 Å². The molecule has 0 radical (unpaired) electrons. The molecule has 1 heterocycles. The summed E-state index contributed by atoms with van der Waals surface area (Å²) in [6, 6.07) is 14.9. The van der Waals surface area contributed by atoms with E-state index in [1.165, 1.54) is 0 Å². The van der Waals surface area contributed by atoms with Crippen LogP contribution in [-0.2, 0) is 23.9 Å². The molecule has 0 unspecified atom stereocenters. The third kappa shape index (κ3) is 5.21. The minimum absolute atomic E-state index is 0.154. The molecule has 0 bridgehead atoms. The van der Waals surface area contributed by atoms with Crippen LogP contribution in [0.3, 0.4) is 0 Å². The molecule has 1 aliphatic carbocycles. The zero-order valence-electron chi connectivity index (χ0n) is 21.3. The van der Waals surface area contributed by atoms with Gasteiger partial charge in [0.2, 0.25) is 0 Å². The number of Topliss-reactive ketones (excluding diaryl/α,β-unsaturated/α-hetero) is 1. The maximum absolute atomic E-state index is 14.3. The minimum atomic E-state index is -1.06. The number of rotatable bonds is 7. The van der Waals surface area contributed by atoms with E-state index in [-0.39, 0.29) is 19.0 Å². The van der Waals surface area contributed by atoms with E-state index in [4.69, 9.17) is 14.2 Å². The Bertz CT molecular complexity index is 1280. The zero-order chi connectivity index (χ0) is 26.7. The van der Waals surface area contributed by atoms with Crippen LogP contribution in [0.2, 0.25) is 0 Å². The molecule has 1 N–H and O–H groups in total. The first-order chi connectivity index (χ1) is 17.8. The third-order valence-electron chi connectivity index (χ3n) is 6.78. The van der Waals surface area contributed by atoms with E-state index in [0.717, 1.165) is 15.6 Å². The Balaban J connectivity index is 1.89. The van der Waals surface area contributed by atoms with Crippen molar-refractivity contribution < 1.29 is 28.6 Å². The van der Waals surface area contributed by atoms with E-state index < -0.39 is 29.7 Å². The molecule has 1 aliphatic heterocycles. The molecule has 8 heteroatoms. The van der Waals surface area contributed by atoms with E-state index in [0.29, 0.717) is 34.7 Å². The zero-order valence-corrected chi connectivity index (χ0v) is 22.9. The molecule has 0 saturated heterocycles. The number of ether oxygens (including phenoxy) is 3. The number of methoxy groups -OCH3 is 1. The van der Waals surface area contributed by atoms with Crippen LogP contribution in [0.1, 0.15) is 50.2 Å². The first kappa shape index (κ1) is 26.7. The Labute approximate surface area is 225 Å². The van der Waals surface area contributed by atoms with Gasteiger partial charge in [-0.25, -0.2) is 4.79 Å². The van der Waals surface area contributed by atoms with Crippen LogP contribution in [0.25, 0.3) is 0 Å². The highest BCUT2D eigenvalue weighted by atomic mass is 79.9. The number of halogens is 1. The molecule has 2 aliphatic rings. The Morgan fingerprint density at radius 2 is 1.73 bits per heavy atom. The van der Waals surface area contributed by atoms with Crippen molar-refractivity contribution in [2.45, 2.75) is 39.0 Å². The summed E-state index contributed by atoms with van der Waals surface area (Å²) in [7, 11) is 1.57. The molecule has 4 rings (SSSR count). The SMILES string of the molecule is CCOC(=O)C1=C(C)NC2=C(C(=O)[C@H](C(=O)OCC)[C@H](c3cccc(OC)c3)C2)[C@H]1c1ccc(Br)cc1. The Hall–Kier alpha value is -3.39. The average molecular weight is 568 g/mol. The van der Waals surface area contributed by atoms with Crippen LogP contribution in [0, 0.1) is 5.92 Å². The number of dihydropyridines is 1. The monoisotopic (exact) mass is 567 g/mol. The topological polar surface area (TPSA) is 90.9 Å². The third-order valence-corrected chi connectivity index (χ3v) is 7.31. The van der Waals surface area contributed by atoms with Gasteiger partial charge in [-0.05, 0) is 62.6 Å². The highest BCUT2D eigenvalue weighted by Gasteiger charge is 2.49. The number of ketones is 1. The second kappa shape index (κ2) is 11.3. The lowest BCUT2D eigenvalue weighted by molar-refractivity contribution is -0.152. The molecular formula is C29H30BrNO6. The molecule has 0 aromatic heterocycles. The molecule has 0 fully saturated rings. The van der Waals surface area contributed by atoms with Crippen molar-refractivity contribution in [2.24, 2.45) is 5.92 Å². The van der Waals surface area contributed by atoms with Crippen molar-refractivity contribution in [3.8, 4) is 5.75 Å². The molecule has 194 valence electrons. The molecular weight excluding hydrogens is 538 g/mol. The van der Waals surface area contributed by atoms with Gasteiger partial charge in [-0.15, -0.1) is 0 Å². The summed E-state index contributed by atoms with van der Waals surface area (Å²) in [6.45, 7) is 5.62. The summed E-state index contributed by atoms with van der Waals surface area (Å²) in [5.41, 5.74) is 3.63. The molecule has 0 saturated carbocycles. The van der Waals surface area contributed by atoms with Crippen LogP contribution in [0.15, 0.2) is 75.5 Å². The standard InChI is InChI=1S/C29H30BrNO6/c1-5-36-28(33)23-16(3)31-22-15-21(18-8-7-9-20(14-18)35-4)25(29(34)37-6-2)27(32)26(22)24(23)17-10-12-19(30)13-11-17/h7-14,21,24-25,31H,5-6,15H2,1-4H3/t21-,24-,25+/m0/s1. The largest absolute Gasteiger partial charge is 0.497 e. The summed E-state index contributed by atoms with van der Waals surface area (Å²) in [4.78, 5) is 40.7. The normalized spacial score (nSPS) is 21.2. The first-order valence-electron chi connectivity index (χ1n) is 12.3. The van der Waals surface area contributed by atoms with Gasteiger partial charge in [0.25, 0.3) is 0 Å². The van der Waals surface area contributed by atoms with Crippen molar-refractivity contribution in [3.63, 3.8) is 0 Å². The summed E-state index contributed by atoms with van der Waals surface area (Å²) < 4.78 is 17.0. The van der Waals surface area contributed by atoms with Crippen LogP contribution in [0.4, 0.5) is 0 Å². The second-order valence-corrected chi connectivity index (χ2v) is 9.86. The van der Waals surface area contributed by atoms with E-state index >= 15 is 0 Å². The molecule has 2 aromatic rings. The average Bonchev–Trinajstić information content (AvgIpc) is 2.88. The van der Waals surface area contributed by atoms with Crippen LogP contribution in [-0.4, -0.2) is 38.0 Å². The van der Waals surface area contributed by atoms with Gasteiger partial charge in [0, 0.05) is 33.3 Å². The van der Waals surface area contributed by atoms with Crippen molar-refractivity contribution in [3.05, 3.63) is 86.7 Å². The van der Waals surface area contributed by atoms with Gasteiger partial charge < -0.3 is 19.5 Å². The molecule has 7 nitrogen and oxygen atoms in total. The van der Waals surface area contributed by atoms with Crippen LogP contribution in [0.5, 0.6) is 5.75 Å². The van der Waals surface area contributed by atoms with Gasteiger partial charge in [-0.3, -0.25) is 9.59 Å². The number of carbonyl (C=O) groups is 3. The second-order valence-electron chi connectivity index (χ2n) is 8.94. The number of nitrogens with one attached hydrogen (secondary N) is 1. The lowest BCUT2D eigenvalue weighted by Crippen LogP contribution is -2.43. The van der Waals surface area contributed by atoms with Gasteiger partial charge in [-0.2, -0.15) is 0 Å². The number of allylic oxidation sites excluding steroid dienone is 3. The smallest absolute Gasteiger partial charge is 0.336 e. The number of esters is 2. The van der Waals surface area contributed by atoms with Crippen LogP contribution < -0.4 is 10.1 Å². The number of hydrogen-bond acceptors (Lipinski definition) is 7. The Morgan fingerprint density at radius 3 is 2.38 bits per heavy atom. The van der Waals surface area contributed by atoms with Gasteiger partial charge in [0.1, 0.15) is 11.7 Å². The van der Waals surface area contributed by atoms with E-state index in [9.17, 15) is 14.4 Å². The summed E-state index contributed by atoms with van der Waals surface area (Å²) in [6.07, 6.45) is 0.387. The minimum Gasteiger partial charge on any atom is -0.497 e. The number of carbonyl (C=O) groups excluding carboxylic acids is 3. The van der Waals surface area contributed by atoms with Gasteiger partial charge >= 0.3 is 11.9 Å². The predicted octanol–water partition coefficient (Wildman–Crippen LogP) is 5.17. The maximum atomic E-state index is 14.3. The van der Waals surface area contributed by atoms with E-state index in [1.807, 2.05) is 55.5 Å². The quantitative estimate of drug-likeness (QED) is 0.364. The van der Waals surface area contributed by atoms with Gasteiger partial charge in [0.05, 0.1) is 25.9 Å². The lowest BCUT2D eigenvalue weighted by Gasteiger charge is -2.39. The molecule has 0 spiro atoms. The van der Waals surface area contributed by atoms with E-state index in [1.54, 1.807) is 21.0 Å². The van der Waals surface area contributed by atoms with Crippen molar-refractivity contribution in [1.82, 2.24) is 5.32 Å². The van der Waals surface area contributed by atoms with Crippen molar-refractivity contribution in [2.75, 3.05) is 20.3 Å². The predicted molar refractivity (Wildman–Crippen MR) is 142 cm³/mol. The molecule has 2 aromatic carbocycles. The Morgan fingerprint density at radius 1 is 1.03 bits per heavy atom. The first-order valence-corrected chi connectivity index (χ1v) is 13.1. The molecule has 3 atom stereocenters. The van der Waals surface area contributed by atoms with Crippen molar-refractivity contribution in [1.29, 1.82) is 0 Å². The number of benzene rings is 2. The molecule has 0 amide bonds. The molecule has 37 heavy (non-hydrogen) atoms. The van der Waals surface area contributed by atoms with Gasteiger partial charge in [-0.1, -0.05) is 40.2 Å². The maximum Gasteiger partial charge on any atom is 0.336 e. The number of hydrogen-bond donors (Lipinski definition) is 1. The fraction of sp³-hybridized carbons (Fsp3) is 0.345. The summed E-state index contributed by atoms with van der Waals surface area (Å²) in [5, 5.41) is 3.31.